The Bertz CT molecular complexity index is 613. The van der Waals surface area contributed by atoms with Crippen LogP contribution in [0.2, 0.25) is 5.02 Å². The first-order valence-corrected chi connectivity index (χ1v) is 7.47. The van der Waals surface area contributed by atoms with Gasteiger partial charge in [-0.25, -0.2) is 13.8 Å². The maximum absolute atomic E-state index is 13.9. The molecule has 1 N–H and O–H groups in total. The fourth-order valence-corrected chi connectivity index (χ4v) is 3.08. The molecule has 1 fully saturated rings. The number of hydrogen-bond acceptors (Lipinski definition) is 2. The number of rotatable bonds is 3. The van der Waals surface area contributed by atoms with E-state index in [2.05, 4.69) is 10.3 Å². The minimum Gasteiger partial charge on any atom is -0.322 e. The first kappa shape index (κ1) is 14.3. The molecule has 1 aromatic carbocycles. The second-order valence-corrected chi connectivity index (χ2v) is 5.73. The van der Waals surface area contributed by atoms with Crippen LogP contribution in [0.4, 0.5) is 20.4 Å². The first-order valence-electron chi connectivity index (χ1n) is 7.09. The van der Waals surface area contributed by atoms with E-state index in [0.717, 1.165) is 25.0 Å². The molecule has 3 rings (SSSR count). The molecule has 0 radical (unpaired) electrons. The number of halogens is 3. The average Bonchev–Trinajstić information content (AvgIpc) is 2.92. The molecular formula is C15H16ClF2N3. The molecule has 21 heavy (non-hydrogen) atoms. The van der Waals surface area contributed by atoms with Crippen molar-refractivity contribution in [2.24, 2.45) is 0 Å². The first-order chi connectivity index (χ1) is 10.1. The summed E-state index contributed by atoms with van der Waals surface area (Å²) in [6.07, 6.45) is 9.36. The monoisotopic (exact) mass is 311 g/mol. The van der Waals surface area contributed by atoms with Crippen LogP contribution in [0.15, 0.2) is 24.5 Å². The molecule has 112 valence electrons. The van der Waals surface area contributed by atoms with Gasteiger partial charge in [-0.2, -0.15) is 0 Å². The Morgan fingerprint density at radius 3 is 2.67 bits per heavy atom. The lowest BCUT2D eigenvalue weighted by Gasteiger charge is -2.25. The van der Waals surface area contributed by atoms with Crippen molar-refractivity contribution in [2.45, 2.75) is 38.1 Å². The summed E-state index contributed by atoms with van der Waals surface area (Å²) in [6, 6.07) is 2.26. The second kappa shape index (κ2) is 6.02. The number of anilines is 2. The third-order valence-electron chi connectivity index (χ3n) is 3.88. The number of nitrogens with one attached hydrogen (secondary N) is 1. The Balaban J connectivity index is 1.87. The molecule has 1 aromatic heterocycles. The molecule has 1 heterocycles. The van der Waals surface area contributed by atoms with E-state index in [0.29, 0.717) is 12.0 Å². The zero-order chi connectivity index (χ0) is 14.8. The summed E-state index contributed by atoms with van der Waals surface area (Å²) in [6.45, 7) is 0. The molecule has 1 saturated carbocycles. The predicted molar refractivity (Wildman–Crippen MR) is 79.0 cm³/mol. The third-order valence-corrected chi connectivity index (χ3v) is 4.18. The van der Waals surface area contributed by atoms with Crippen LogP contribution in [0.3, 0.4) is 0 Å². The van der Waals surface area contributed by atoms with Gasteiger partial charge in [-0.3, -0.25) is 0 Å². The van der Waals surface area contributed by atoms with Gasteiger partial charge in [-0.1, -0.05) is 30.9 Å². The quantitative estimate of drug-likeness (QED) is 0.858. The Labute approximate surface area is 126 Å². The summed E-state index contributed by atoms with van der Waals surface area (Å²) in [5, 5.41) is 2.90. The minimum absolute atomic E-state index is 0.00527. The van der Waals surface area contributed by atoms with E-state index in [4.69, 9.17) is 11.6 Å². The van der Waals surface area contributed by atoms with E-state index < -0.39 is 11.6 Å². The summed E-state index contributed by atoms with van der Waals surface area (Å²) in [7, 11) is 0. The lowest BCUT2D eigenvalue weighted by molar-refractivity contribution is 0.356. The predicted octanol–water partition coefficient (Wildman–Crippen LogP) is 5.06. The van der Waals surface area contributed by atoms with Gasteiger partial charge >= 0.3 is 0 Å². The summed E-state index contributed by atoms with van der Waals surface area (Å²) >= 11 is 5.91. The normalized spacial score (nSPS) is 16.1. The Kier molecular flexibility index (Phi) is 4.10. The molecular weight excluding hydrogens is 296 g/mol. The van der Waals surface area contributed by atoms with Gasteiger partial charge in [-0.15, -0.1) is 0 Å². The van der Waals surface area contributed by atoms with Crippen molar-refractivity contribution >= 4 is 23.2 Å². The lowest BCUT2D eigenvalue weighted by Crippen LogP contribution is -2.14. The highest BCUT2D eigenvalue weighted by Crippen LogP contribution is 2.33. The highest BCUT2D eigenvalue weighted by molar-refractivity contribution is 6.33. The molecule has 0 atom stereocenters. The summed E-state index contributed by atoms with van der Waals surface area (Å²) in [5.41, 5.74) is 0.0568. The smallest absolute Gasteiger partial charge is 0.207 e. The van der Waals surface area contributed by atoms with E-state index in [1.54, 1.807) is 6.20 Å². The second-order valence-electron chi connectivity index (χ2n) is 5.32. The molecule has 0 amide bonds. The van der Waals surface area contributed by atoms with Gasteiger partial charge < -0.3 is 9.88 Å². The molecule has 0 bridgehead atoms. The lowest BCUT2D eigenvalue weighted by atomic mass is 9.95. The summed E-state index contributed by atoms with van der Waals surface area (Å²) in [5.74, 6) is -0.883. The van der Waals surface area contributed by atoms with Gasteiger partial charge in [0.2, 0.25) is 5.95 Å². The van der Waals surface area contributed by atoms with Crippen LogP contribution in [0.25, 0.3) is 0 Å². The number of imidazole rings is 1. The van der Waals surface area contributed by atoms with E-state index in [9.17, 15) is 8.78 Å². The molecule has 2 aromatic rings. The fourth-order valence-electron chi connectivity index (χ4n) is 2.84. The fraction of sp³-hybridized carbons (Fsp3) is 0.400. The SMILES string of the molecule is Fc1cc(F)c(Nc2nccn2C2CCCCC2)c(Cl)c1. The maximum Gasteiger partial charge on any atom is 0.207 e. The molecule has 1 aliphatic rings. The number of hydrogen-bond donors (Lipinski definition) is 1. The van der Waals surface area contributed by atoms with Gasteiger partial charge in [-0.05, 0) is 18.9 Å². The topological polar surface area (TPSA) is 29.9 Å². The summed E-state index contributed by atoms with van der Waals surface area (Å²) in [4.78, 5) is 4.22. The maximum atomic E-state index is 13.9. The Morgan fingerprint density at radius 2 is 1.95 bits per heavy atom. The van der Waals surface area contributed by atoms with Gasteiger partial charge in [0, 0.05) is 24.5 Å². The molecule has 0 aliphatic heterocycles. The number of aromatic nitrogens is 2. The summed E-state index contributed by atoms with van der Waals surface area (Å²) < 4.78 is 28.9. The third kappa shape index (κ3) is 3.02. The van der Waals surface area contributed by atoms with Crippen molar-refractivity contribution in [2.75, 3.05) is 5.32 Å². The van der Waals surface area contributed by atoms with Crippen LogP contribution in [0.5, 0.6) is 0 Å². The number of nitrogens with zero attached hydrogens (tertiary/aromatic N) is 2. The molecule has 3 nitrogen and oxygen atoms in total. The average molecular weight is 312 g/mol. The van der Waals surface area contributed by atoms with Crippen LogP contribution < -0.4 is 5.32 Å². The Hall–Kier alpha value is -1.62. The van der Waals surface area contributed by atoms with Crippen molar-refractivity contribution in [1.29, 1.82) is 0 Å². The minimum atomic E-state index is -0.724. The standard InChI is InChI=1S/C15H16ClF2N3/c16-12-8-10(17)9-13(18)14(12)20-15-19-6-7-21(15)11-4-2-1-3-5-11/h6-9,11H,1-5H2,(H,19,20). The van der Waals surface area contributed by atoms with Crippen molar-refractivity contribution in [3.05, 3.63) is 41.2 Å². The highest BCUT2D eigenvalue weighted by Gasteiger charge is 2.19. The van der Waals surface area contributed by atoms with E-state index in [1.807, 2.05) is 10.8 Å². The van der Waals surface area contributed by atoms with Crippen molar-refractivity contribution in [3.8, 4) is 0 Å². The van der Waals surface area contributed by atoms with Crippen LogP contribution >= 0.6 is 11.6 Å². The van der Waals surface area contributed by atoms with E-state index in [1.165, 1.54) is 19.3 Å². The largest absolute Gasteiger partial charge is 0.322 e. The van der Waals surface area contributed by atoms with Crippen LogP contribution in [0.1, 0.15) is 38.1 Å². The van der Waals surface area contributed by atoms with Gasteiger partial charge in [0.1, 0.15) is 5.82 Å². The molecule has 1 aliphatic carbocycles. The van der Waals surface area contributed by atoms with Crippen molar-refractivity contribution in [3.63, 3.8) is 0 Å². The van der Waals surface area contributed by atoms with Crippen molar-refractivity contribution in [1.82, 2.24) is 9.55 Å². The molecule has 0 spiro atoms. The van der Waals surface area contributed by atoms with Crippen LogP contribution in [0, 0.1) is 11.6 Å². The van der Waals surface area contributed by atoms with Crippen LogP contribution in [-0.2, 0) is 0 Å². The highest BCUT2D eigenvalue weighted by atomic mass is 35.5. The van der Waals surface area contributed by atoms with Crippen molar-refractivity contribution < 1.29 is 8.78 Å². The van der Waals surface area contributed by atoms with E-state index in [-0.39, 0.29) is 10.7 Å². The van der Waals surface area contributed by atoms with Gasteiger partial charge in [0.25, 0.3) is 0 Å². The van der Waals surface area contributed by atoms with Gasteiger partial charge in [0.15, 0.2) is 5.82 Å². The zero-order valence-corrected chi connectivity index (χ0v) is 12.2. The zero-order valence-electron chi connectivity index (χ0n) is 11.5. The Morgan fingerprint density at radius 1 is 1.19 bits per heavy atom. The molecule has 0 unspecified atom stereocenters. The van der Waals surface area contributed by atoms with Gasteiger partial charge in [0.05, 0.1) is 10.7 Å². The molecule has 6 heteroatoms. The van der Waals surface area contributed by atoms with E-state index >= 15 is 0 Å². The number of benzene rings is 1. The van der Waals surface area contributed by atoms with Crippen LogP contribution in [-0.4, -0.2) is 9.55 Å². The molecule has 0 saturated heterocycles.